The monoisotopic (exact) mass is 435 g/mol. The van der Waals surface area contributed by atoms with E-state index in [4.69, 9.17) is 0 Å². The van der Waals surface area contributed by atoms with Crippen LogP contribution in [0.25, 0.3) is 0 Å². The Hall–Kier alpha value is -2.72. The Balaban J connectivity index is 2.38. The predicted molar refractivity (Wildman–Crippen MR) is 115 cm³/mol. The molecule has 0 aliphatic carbocycles. The Kier molecular flexibility index (Phi) is 7.74. The topological polar surface area (TPSA) is 117 Å². The molecular formula is C20H29N5O4S. The number of sulfonamides is 1. The highest BCUT2D eigenvalue weighted by atomic mass is 32.2. The first kappa shape index (κ1) is 23.6. The molecule has 0 atom stereocenters. The highest BCUT2D eigenvalue weighted by Gasteiger charge is 2.21. The van der Waals surface area contributed by atoms with Crippen molar-refractivity contribution < 1.29 is 17.8 Å². The zero-order chi connectivity index (χ0) is 22.5. The Labute approximate surface area is 177 Å². The van der Waals surface area contributed by atoms with Crippen LogP contribution in [0.4, 0.5) is 5.69 Å². The highest BCUT2D eigenvalue weighted by molar-refractivity contribution is 7.89. The normalized spacial score (nSPS) is 11.4. The quantitative estimate of drug-likeness (QED) is 0.582. The smallest absolute Gasteiger partial charge is 0.254 e. The van der Waals surface area contributed by atoms with Gasteiger partial charge in [-0.2, -0.15) is 0 Å². The second-order valence-corrected chi connectivity index (χ2v) is 9.36. The van der Waals surface area contributed by atoms with Crippen molar-refractivity contribution >= 4 is 21.6 Å². The molecule has 1 aromatic carbocycles. The van der Waals surface area contributed by atoms with Crippen LogP contribution >= 0.6 is 0 Å². The number of aromatic nitrogens is 2. The number of aryl methyl sites for hydroxylation is 1. The molecule has 0 unspecified atom stereocenters. The largest absolute Gasteiger partial charge is 0.382 e. The predicted octanol–water partition coefficient (Wildman–Crippen LogP) is 2.72. The fourth-order valence-corrected chi connectivity index (χ4v) is 3.96. The van der Waals surface area contributed by atoms with Crippen molar-refractivity contribution in [1.82, 2.24) is 19.9 Å². The summed E-state index contributed by atoms with van der Waals surface area (Å²) in [6, 6.07) is 4.26. The lowest BCUT2D eigenvalue weighted by Crippen LogP contribution is -2.31. The lowest BCUT2D eigenvalue weighted by atomic mass is 10.1. The standard InChI is InChI=1S/C20H29N5O4S/c1-13(2)7-8-21-17-9-16(10-18(11-17)30(27,28)24-14(3)4)20(26)25(6)12-19-15(5)22-29-23-19/h7,9-11,14,21,24H,8,12H2,1-6H3. The number of anilines is 1. The molecule has 0 fully saturated rings. The lowest BCUT2D eigenvalue weighted by Gasteiger charge is -2.18. The van der Waals surface area contributed by atoms with Crippen molar-refractivity contribution in [1.29, 1.82) is 0 Å². The molecule has 1 heterocycles. The first-order valence-corrected chi connectivity index (χ1v) is 11.1. The second-order valence-electron chi connectivity index (χ2n) is 7.64. The first-order chi connectivity index (χ1) is 14.0. The summed E-state index contributed by atoms with van der Waals surface area (Å²) in [5.41, 5.74) is 3.04. The van der Waals surface area contributed by atoms with Gasteiger partial charge in [-0.1, -0.05) is 22.0 Å². The number of amides is 1. The van der Waals surface area contributed by atoms with Crippen LogP contribution in [0.3, 0.4) is 0 Å². The van der Waals surface area contributed by atoms with Crippen molar-refractivity contribution in [3.8, 4) is 0 Å². The number of rotatable bonds is 9. The Morgan fingerprint density at radius 3 is 2.50 bits per heavy atom. The van der Waals surface area contributed by atoms with E-state index < -0.39 is 10.0 Å². The van der Waals surface area contributed by atoms with Crippen molar-refractivity contribution in [3.63, 3.8) is 0 Å². The van der Waals surface area contributed by atoms with E-state index in [0.717, 1.165) is 5.57 Å². The van der Waals surface area contributed by atoms with E-state index in [9.17, 15) is 13.2 Å². The molecule has 0 saturated heterocycles. The van der Waals surface area contributed by atoms with Gasteiger partial charge in [0, 0.05) is 30.9 Å². The number of carbonyl (C=O) groups excluding carboxylic acids is 1. The van der Waals surface area contributed by atoms with Crippen molar-refractivity contribution in [2.45, 2.75) is 52.1 Å². The molecule has 10 heteroatoms. The first-order valence-electron chi connectivity index (χ1n) is 9.57. The summed E-state index contributed by atoms with van der Waals surface area (Å²) in [7, 11) is -2.16. The third kappa shape index (κ3) is 6.39. The summed E-state index contributed by atoms with van der Waals surface area (Å²) >= 11 is 0. The number of allylic oxidation sites excluding steroid dienone is 1. The second kappa shape index (κ2) is 9.86. The van der Waals surface area contributed by atoms with Crippen LogP contribution in [0, 0.1) is 6.92 Å². The van der Waals surface area contributed by atoms with E-state index in [1.54, 1.807) is 33.9 Å². The molecule has 164 valence electrons. The molecular weight excluding hydrogens is 406 g/mol. The van der Waals surface area contributed by atoms with E-state index in [-0.39, 0.29) is 29.0 Å². The van der Waals surface area contributed by atoms with Gasteiger partial charge < -0.3 is 10.2 Å². The molecule has 30 heavy (non-hydrogen) atoms. The molecule has 0 bridgehead atoms. The lowest BCUT2D eigenvalue weighted by molar-refractivity contribution is 0.0781. The summed E-state index contributed by atoms with van der Waals surface area (Å²) in [5, 5.41) is 10.7. The third-order valence-electron chi connectivity index (χ3n) is 4.15. The van der Waals surface area contributed by atoms with Gasteiger partial charge in [0.2, 0.25) is 10.0 Å². The fraction of sp³-hybridized carbons (Fsp3) is 0.450. The fourth-order valence-electron chi connectivity index (χ4n) is 2.64. The minimum absolute atomic E-state index is 0.0226. The van der Waals surface area contributed by atoms with Gasteiger partial charge in [0.1, 0.15) is 11.4 Å². The van der Waals surface area contributed by atoms with Crippen molar-refractivity contribution in [3.05, 3.63) is 46.8 Å². The Morgan fingerprint density at radius 2 is 1.93 bits per heavy atom. The maximum Gasteiger partial charge on any atom is 0.254 e. The molecule has 2 aromatic rings. The van der Waals surface area contributed by atoms with Gasteiger partial charge in [-0.05, 0) is 52.8 Å². The average molecular weight is 436 g/mol. The Bertz CT molecular complexity index is 1020. The summed E-state index contributed by atoms with van der Waals surface area (Å²) in [5.74, 6) is -0.343. The van der Waals surface area contributed by atoms with E-state index >= 15 is 0 Å². The van der Waals surface area contributed by atoms with Crippen molar-refractivity contribution in [2.24, 2.45) is 0 Å². The minimum atomic E-state index is -3.78. The third-order valence-corrected chi connectivity index (χ3v) is 5.79. The van der Waals surface area contributed by atoms with E-state index in [1.165, 1.54) is 17.0 Å². The van der Waals surface area contributed by atoms with Crippen molar-refractivity contribution in [2.75, 3.05) is 18.9 Å². The van der Waals surface area contributed by atoms with Crippen LogP contribution in [-0.4, -0.2) is 49.2 Å². The van der Waals surface area contributed by atoms with Crippen LogP contribution in [0.1, 0.15) is 49.4 Å². The molecule has 9 nitrogen and oxygen atoms in total. The molecule has 0 radical (unpaired) electrons. The molecule has 0 aliphatic rings. The van der Waals surface area contributed by atoms with E-state index in [1.807, 2.05) is 19.9 Å². The van der Waals surface area contributed by atoms with Gasteiger partial charge in [-0.25, -0.2) is 17.8 Å². The molecule has 0 aliphatic heterocycles. The molecule has 2 rings (SSSR count). The number of nitrogens with zero attached hydrogens (tertiary/aromatic N) is 3. The van der Waals surface area contributed by atoms with Crippen LogP contribution in [0.2, 0.25) is 0 Å². The van der Waals surface area contributed by atoms with Gasteiger partial charge >= 0.3 is 0 Å². The number of nitrogens with one attached hydrogen (secondary N) is 2. The summed E-state index contributed by atoms with van der Waals surface area (Å²) in [6.45, 7) is 9.86. The maximum absolute atomic E-state index is 13.0. The number of hydrogen-bond donors (Lipinski definition) is 2. The zero-order valence-electron chi connectivity index (χ0n) is 18.2. The van der Waals surface area contributed by atoms with Gasteiger partial charge in [-0.3, -0.25) is 4.79 Å². The van der Waals surface area contributed by atoms with Gasteiger partial charge in [0.05, 0.1) is 11.4 Å². The van der Waals surface area contributed by atoms with Gasteiger partial charge in [-0.15, -0.1) is 0 Å². The van der Waals surface area contributed by atoms with Crippen LogP contribution in [-0.2, 0) is 16.6 Å². The summed E-state index contributed by atoms with van der Waals surface area (Å²) < 4.78 is 32.7. The highest BCUT2D eigenvalue weighted by Crippen LogP contribution is 2.21. The van der Waals surface area contributed by atoms with Crippen LogP contribution < -0.4 is 10.0 Å². The molecule has 0 saturated carbocycles. The van der Waals surface area contributed by atoms with Gasteiger partial charge in [0.25, 0.3) is 5.91 Å². The van der Waals surface area contributed by atoms with Crippen LogP contribution in [0.15, 0.2) is 39.4 Å². The molecule has 1 aromatic heterocycles. The number of benzene rings is 1. The van der Waals surface area contributed by atoms with Gasteiger partial charge in [0.15, 0.2) is 0 Å². The zero-order valence-corrected chi connectivity index (χ0v) is 19.0. The number of hydrogen-bond acceptors (Lipinski definition) is 7. The van der Waals surface area contributed by atoms with E-state index in [2.05, 4.69) is 25.0 Å². The molecule has 1 amide bonds. The maximum atomic E-state index is 13.0. The van der Waals surface area contributed by atoms with E-state index in [0.29, 0.717) is 23.6 Å². The van der Waals surface area contributed by atoms with Crippen LogP contribution in [0.5, 0.6) is 0 Å². The SMILES string of the molecule is CC(C)=CCNc1cc(C(=O)N(C)Cc2nonc2C)cc(S(=O)(=O)NC(C)C)c1. The Morgan fingerprint density at radius 1 is 1.23 bits per heavy atom. The average Bonchev–Trinajstić information content (AvgIpc) is 3.04. The number of carbonyl (C=O) groups is 1. The molecule has 0 spiro atoms. The summed E-state index contributed by atoms with van der Waals surface area (Å²) in [6.07, 6.45) is 1.97. The minimum Gasteiger partial charge on any atom is -0.382 e. The molecule has 2 N–H and O–H groups in total. The summed E-state index contributed by atoms with van der Waals surface area (Å²) in [4.78, 5) is 14.5.